The number of esters is 1. The lowest BCUT2D eigenvalue weighted by Gasteiger charge is -2.35. The zero-order valence-electron chi connectivity index (χ0n) is 17.1. The van der Waals surface area contributed by atoms with Gasteiger partial charge in [-0.15, -0.1) is 11.3 Å². The number of fused-ring (bicyclic) bond motifs is 1. The molecule has 2 aliphatic rings. The van der Waals surface area contributed by atoms with Crippen LogP contribution in [0.3, 0.4) is 0 Å². The molecule has 2 heterocycles. The minimum absolute atomic E-state index is 0.0845. The molecule has 1 aromatic heterocycles. The number of hydrogen-bond acceptors (Lipinski definition) is 6. The number of ether oxygens (including phenoxy) is 1. The van der Waals surface area contributed by atoms with E-state index in [2.05, 4.69) is 15.1 Å². The fraction of sp³-hybridized carbons (Fsp3) is 0.455. The summed E-state index contributed by atoms with van der Waals surface area (Å²) in [6, 6.07) is 7.85. The number of nitrogens with one attached hydrogen (secondary N) is 1. The molecule has 0 saturated carbocycles. The quantitative estimate of drug-likeness (QED) is 0.706. The van der Waals surface area contributed by atoms with Crippen LogP contribution < -0.4 is 10.2 Å². The number of hydrogen-bond donors (Lipinski definition) is 1. The fourth-order valence-corrected chi connectivity index (χ4v) is 5.58. The van der Waals surface area contributed by atoms with Crippen molar-refractivity contribution in [3.8, 4) is 0 Å². The van der Waals surface area contributed by atoms with Crippen LogP contribution in [0, 0.1) is 0 Å². The van der Waals surface area contributed by atoms with Gasteiger partial charge in [0.15, 0.2) is 0 Å². The Bertz CT molecular complexity index is 920. The Labute approximate surface area is 185 Å². The average molecular weight is 448 g/mol. The second-order valence-corrected chi connectivity index (χ2v) is 9.24. The molecule has 8 heteroatoms. The molecule has 30 heavy (non-hydrogen) atoms. The Hall–Kier alpha value is -2.09. The number of rotatable bonds is 5. The number of amides is 1. The summed E-state index contributed by atoms with van der Waals surface area (Å²) >= 11 is 7.50. The van der Waals surface area contributed by atoms with E-state index in [1.165, 1.54) is 23.3 Å². The van der Waals surface area contributed by atoms with Crippen LogP contribution in [0.25, 0.3) is 0 Å². The summed E-state index contributed by atoms with van der Waals surface area (Å²) in [5, 5.41) is 4.36. The van der Waals surface area contributed by atoms with Crippen molar-refractivity contribution in [3.05, 3.63) is 45.3 Å². The normalized spacial score (nSPS) is 16.8. The molecule has 0 atom stereocenters. The van der Waals surface area contributed by atoms with Gasteiger partial charge in [0.25, 0.3) is 0 Å². The molecule has 2 aromatic rings. The van der Waals surface area contributed by atoms with E-state index in [1.807, 2.05) is 24.3 Å². The third-order valence-electron chi connectivity index (χ3n) is 5.75. The Kier molecular flexibility index (Phi) is 6.61. The summed E-state index contributed by atoms with van der Waals surface area (Å²) in [5.74, 6) is -0.444. The number of methoxy groups -OCH3 is 1. The van der Waals surface area contributed by atoms with Crippen molar-refractivity contribution >= 4 is 45.5 Å². The number of aryl methyl sites for hydroxylation is 1. The maximum absolute atomic E-state index is 12.7. The average Bonchev–Trinajstić information content (AvgIpc) is 3.12. The largest absolute Gasteiger partial charge is 0.465 e. The number of thiophene rings is 1. The molecule has 4 rings (SSSR count). The molecular formula is C22H26ClN3O3S. The Morgan fingerprint density at radius 1 is 1.10 bits per heavy atom. The van der Waals surface area contributed by atoms with E-state index in [0.717, 1.165) is 68.1 Å². The third kappa shape index (κ3) is 4.63. The number of carbonyl (C=O) groups excluding carboxylic acids is 2. The van der Waals surface area contributed by atoms with Crippen molar-refractivity contribution < 1.29 is 14.3 Å². The van der Waals surface area contributed by atoms with Crippen molar-refractivity contribution in [2.75, 3.05) is 50.1 Å². The van der Waals surface area contributed by atoms with E-state index in [-0.39, 0.29) is 11.9 Å². The highest BCUT2D eigenvalue weighted by Crippen LogP contribution is 2.38. The Morgan fingerprint density at radius 2 is 1.80 bits per heavy atom. The maximum Gasteiger partial charge on any atom is 0.341 e. The molecule has 0 unspecified atom stereocenters. The molecule has 160 valence electrons. The number of piperazine rings is 1. The molecule has 0 radical (unpaired) electrons. The highest BCUT2D eigenvalue weighted by molar-refractivity contribution is 7.17. The van der Waals surface area contributed by atoms with E-state index in [1.54, 1.807) is 0 Å². The molecule has 6 nitrogen and oxygen atoms in total. The lowest BCUT2D eigenvalue weighted by atomic mass is 9.95. The van der Waals surface area contributed by atoms with E-state index < -0.39 is 0 Å². The second kappa shape index (κ2) is 9.37. The number of carbonyl (C=O) groups is 2. The predicted molar refractivity (Wildman–Crippen MR) is 121 cm³/mol. The summed E-state index contributed by atoms with van der Waals surface area (Å²) in [7, 11) is 1.39. The van der Waals surface area contributed by atoms with E-state index in [4.69, 9.17) is 16.3 Å². The van der Waals surface area contributed by atoms with Gasteiger partial charge in [-0.05, 0) is 55.5 Å². The highest BCUT2D eigenvalue weighted by Gasteiger charge is 2.27. The Morgan fingerprint density at radius 3 is 2.50 bits per heavy atom. The molecule has 1 aliphatic carbocycles. The Balaban J connectivity index is 1.36. The number of nitrogens with zero attached hydrogens (tertiary/aromatic N) is 2. The standard InChI is InChI=1S/C22H26ClN3O3S/c1-29-22(28)20-17-4-2-3-5-18(17)30-21(20)24-19(27)14-25-10-12-26(13-11-25)16-8-6-15(23)7-9-16/h6-9H,2-5,10-14H2,1H3,(H,24,27). The molecule has 1 aromatic carbocycles. The zero-order valence-corrected chi connectivity index (χ0v) is 18.7. The topological polar surface area (TPSA) is 61.9 Å². The molecule has 0 bridgehead atoms. The highest BCUT2D eigenvalue weighted by atomic mass is 35.5. The van der Waals surface area contributed by atoms with Crippen LogP contribution in [-0.4, -0.2) is 56.6 Å². The summed E-state index contributed by atoms with van der Waals surface area (Å²) in [4.78, 5) is 30.7. The van der Waals surface area contributed by atoms with E-state index >= 15 is 0 Å². The van der Waals surface area contributed by atoms with Gasteiger partial charge in [-0.3, -0.25) is 9.69 Å². The fourth-order valence-electron chi connectivity index (χ4n) is 4.16. The van der Waals surface area contributed by atoms with E-state index in [9.17, 15) is 9.59 Å². The van der Waals surface area contributed by atoms with Crippen molar-refractivity contribution in [2.24, 2.45) is 0 Å². The van der Waals surface area contributed by atoms with Crippen molar-refractivity contribution in [3.63, 3.8) is 0 Å². The molecule has 1 N–H and O–H groups in total. The van der Waals surface area contributed by atoms with Crippen molar-refractivity contribution in [1.82, 2.24) is 4.90 Å². The van der Waals surface area contributed by atoms with Crippen LogP contribution in [0.4, 0.5) is 10.7 Å². The molecule has 1 aliphatic heterocycles. The van der Waals surface area contributed by atoms with Gasteiger partial charge in [-0.2, -0.15) is 0 Å². The molecule has 1 amide bonds. The number of benzene rings is 1. The first kappa shape index (κ1) is 21.2. The lowest BCUT2D eigenvalue weighted by Crippen LogP contribution is -2.48. The van der Waals surface area contributed by atoms with Gasteiger partial charge in [-0.1, -0.05) is 11.6 Å². The van der Waals surface area contributed by atoms with Gasteiger partial charge in [0.1, 0.15) is 5.00 Å². The van der Waals surface area contributed by atoms with Gasteiger partial charge < -0.3 is 15.0 Å². The van der Waals surface area contributed by atoms with Gasteiger partial charge in [0.2, 0.25) is 5.91 Å². The molecule has 1 saturated heterocycles. The van der Waals surface area contributed by atoms with Gasteiger partial charge in [-0.25, -0.2) is 4.79 Å². The molecule has 1 fully saturated rings. The lowest BCUT2D eigenvalue weighted by molar-refractivity contribution is -0.117. The van der Waals surface area contributed by atoms with Gasteiger partial charge in [0, 0.05) is 41.8 Å². The first-order valence-electron chi connectivity index (χ1n) is 10.3. The van der Waals surface area contributed by atoms with Crippen LogP contribution in [0.2, 0.25) is 5.02 Å². The summed E-state index contributed by atoms with van der Waals surface area (Å²) in [5.41, 5.74) is 2.76. The van der Waals surface area contributed by atoms with Crippen molar-refractivity contribution in [2.45, 2.75) is 25.7 Å². The monoisotopic (exact) mass is 447 g/mol. The number of halogens is 1. The van der Waals surface area contributed by atoms with Crippen molar-refractivity contribution in [1.29, 1.82) is 0 Å². The molecule has 0 spiro atoms. The zero-order chi connectivity index (χ0) is 21.1. The second-order valence-electron chi connectivity index (χ2n) is 7.69. The summed E-state index contributed by atoms with van der Waals surface area (Å²) in [6.45, 7) is 3.64. The number of anilines is 2. The van der Waals surface area contributed by atoms with E-state index in [0.29, 0.717) is 17.1 Å². The van der Waals surface area contributed by atoms with Crippen LogP contribution in [0.15, 0.2) is 24.3 Å². The minimum atomic E-state index is -0.360. The van der Waals surface area contributed by atoms with Crippen LogP contribution in [0.5, 0.6) is 0 Å². The minimum Gasteiger partial charge on any atom is -0.465 e. The third-order valence-corrected chi connectivity index (χ3v) is 7.20. The summed E-state index contributed by atoms with van der Waals surface area (Å²) < 4.78 is 4.99. The SMILES string of the molecule is COC(=O)c1c(NC(=O)CN2CCN(c3ccc(Cl)cc3)CC2)sc2c1CCCC2. The maximum atomic E-state index is 12.7. The van der Waals surface area contributed by atoms with Crippen LogP contribution >= 0.6 is 22.9 Å². The first-order valence-corrected chi connectivity index (χ1v) is 11.5. The van der Waals surface area contributed by atoms with Gasteiger partial charge >= 0.3 is 5.97 Å². The van der Waals surface area contributed by atoms with Gasteiger partial charge in [0.05, 0.1) is 19.2 Å². The smallest absolute Gasteiger partial charge is 0.341 e. The summed E-state index contributed by atoms with van der Waals surface area (Å²) in [6.07, 6.45) is 4.03. The van der Waals surface area contributed by atoms with Crippen LogP contribution in [-0.2, 0) is 22.4 Å². The van der Waals surface area contributed by atoms with Crippen LogP contribution in [0.1, 0.15) is 33.6 Å². The predicted octanol–water partition coefficient (Wildman–Crippen LogP) is 3.83. The molecular weight excluding hydrogens is 422 g/mol. The first-order chi connectivity index (χ1) is 14.5.